The Hall–Kier alpha value is -1.99. The molecule has 2 aliphatic rings. The first-order chi connectivity index (χ1) is 14.3. The van der Waals surface area contributed by atoms with Crippen LogP contribution in [-0.2, 0) is 19.9 Å². The Morgan fingerprint density at radius 3 is 2.77 bits per heavy atom. The number of carbonyl (C=O) groups is 1. The number of benzene rings is 1. The van der Waals surface area contributed by atoms with Crippen LogP contribution >= 0.6 is 11.6 Å². The number of aromatic nitrogens is 2. The first-order valence-corrected chi connectivity index (χ1v) is 10.8. The standard InChI is InChI=1S/C22H26ClF2N3O2/c1-28-19(14-5-2-3-8-17(14)27-28)21(29)26-20(15-6-4-7-16(25)18(15)23)22(30)11-9-13(24)10-12-22/h4,6-7,13,20,30H,2-3,5,8-12H2,1H3,(H,26,29). The lowest BCUT2D eigenvalue weighted by Crippen LogP contribution is -2.49. The summed E-state index contributed by atoms with van der Waals surface area (Å²) < 4.78 is 29.5. The fourth-order valence-electron chi connectivity index (χ4n) is 4.78. The molecule has 1 unspecified atom stereocenters. The monoisotopic (exact) mass is 437 g/mol. The van der Waals surface area contributed by atoms with E-state index in [2.05, 4.69) is 10.4 Å². The lowest BCUT2D eigenvalue weighted by molar-refractivity contribution is -0.0446. The Balaban J connectivity index is 1.71. The smallest absolute Gasteiger partial charge is 0.270 e. The summed E-state index contributed by atoms with van der Waals surface area (Å²) in [4.78, 5) is 13.3. The molecule has 0 bridgehead atoms. The second-order valence-corrected chi connectivity index (χ2v) is 8.81. The Morgan fingerprint density at radius 2 is 2.03 bits per heavy atom. The number of alkyl halides is 1. The van der Waals surface area contributed by atoms with Crippen molar-refractivity contribution in [1.82, 2.24) is 15.1 Å². The van der Waals surface area contributed by atoms with Gasteiger partial charge in [-0.1, -0.05) is 23.7 Å². The number of hydrogen-bond acceptors (Lipinski definition) is 3. The van der Waals surface area contributed by atoms with E-state index in [0.717, 1.165) is 36.9 Å². The van der Waals surface area contributed by atoms with Crippen molar-refractivity contribution >= 4 is 17.5 Å². The van der Waals surface area contributed by atoms with Crippen molar-refractivity contribution in [3.8, 4) is 0 Å². The first-order valence-electron chi connectivity index (χ1n) is 10.5. The fraction of sp³-hybridized carbons (Fsp3) is 0.545. The van der Waals surface area contributed by atoms with Gasteiger partial charge in [0, 0.05) is 12.6 Å². The predicted molar refractivity (Wildman–Crippen MR) is 110 cm³/mol. The number of amides is 1. The van der Waals surface area contributed by atoms with Gasteiger partial charge in [0.25, 0.3) is 5.91 Å². The number of aliphatic hydroxyl groups is 1. The van der Waals surface area contributed by atoms with E-state index in [1.54, 1.807) is 17.8 Å². The molecule has 0 spiro atoms. The summed E-state index contributed by atoms with van der Waals surface area (Å²) in [5, 5.41) is 18.6. The van der Waals surface area contributed by atoms with Crippen LogP contribution in [0, 0.1) is 5.82 Å². The van der Waals surface area contributed by atoms with Crippen LogP contribution in [0.3, 0.4) is 0 Å². The fourth-order valence-corrected chi connectivity index (χ4v) is 5.02. The van der Waals surface area contributed by atoms with Gasteiger partial charge in [-0.3, -0.25) is 9.48 Å². The Bertz CT molecular complexity index is 954. The summed E-state index contributed by atoms with van der Waals surface area (Å²) >= 11 is 6.22. The summed E-state index contributed by atoms with van der Waals surface area (Å²) in [6.45, 7) is 0. The first kappa shape index (κ1) is 21.2. The number of halogens is 3. The molecule has 8 heteroatoms. The molecule has 2 aliphatic carbocycles. The quantitative estimate of drug-likeness (QED) is 0.753. The van der Waals surface area contributed by atoms with Crippen molar-refractivity contribution in [3.63, 3.8) is 0 Å². The highest BCUT2D eigenvalue weighted by Gasteiger charge is 2.43. The highest BCUT2D eigenvalue weighted by Crippen LogP contribution is 2.42. The van der Waals surface area contributed by atoms with Gasteiger partial charge < -0.3 is 10.4 Å². The third-order valence-electron chi connectivity index (χ3n) is 6.42. The van der Waals surface area contributed by atoms with Crippen molar-refractivity contribution in [2.24, 2.45) is 7.05 Å². The molecule has 0 radical (unpaired) electrons. The van der Waals surface area contributed by atoms with E-state index in [1.807, 2.05) is 0 Å². The average molecular weight is 438 g/mol. The van der Waals surface area contributed by atoms with Gasteiger partial charge in [0.15, 0.2) is 0 Å². The van der Waals surface area contributed by atoms with Gasteiger partial charge in [0.05, 0.1) is 22.4 Å². The molecule has 1 saturated carbocycles. The number of nitrogens with one attached hydrogen (secondary N) is 1. The number of nitrogens with zero attached hydrogens (tertiary/aromatic N) is 2. The van der Waals surface area contributed by atoms with E-state index in [9.17, 15) is 18.7 Å². The van der Waals surface area contributed by atoms with Crippen molar-refractivity contribution in [2.45, 2.75) is 69.2 Å². The van der Waals surface area contributed by atoms with Crippen LogP contribution < -0.4 is 5.32 Å². The van der Waals surface area contributed by atoms with Crippen LogP contribution in [0.4, 0.5) is 8.78 Å². The maximum absolute atomic E-state index is 14.2. The third-order valence-corrected chi connectivity index (χ3v) is 6.82. The van der Waals surface area contributed by atoms with E-state index in [-0.39, 0.29) is 30.7 Å². The number of hydrogen-bond donors (Lipinski definition) is 2. The molecule has 30 heavy (non-hydrogen) atoms. The van der Waals surface area contributed by atoms with Crippen LogP contribution in [-0.4, -0.2) is 32.6 Å². The molecule has 1 amide bonds. The molecule has 5 nitrogen and oxygen atoms in total. The number of fused-ring (bicyclic) bond motifs is 1. The van der Waals surface area contributed by atoms with Crippen LogP contribution in [0.5, 0.6) is 0 Å². The maximum Gasteiger partial charge on any atom is 0.270 e. The second kappa shape index (κ2) is 8.27. The van der Waals surface area contributed by atoms with Gasteiger partial charge in [-0.25, -0.2) is 8.78 Å². The molecule has 1 heterocycles. The average Bonchev–Trinajstić information content (AvgIpc) is 3.06. The Labute approximate surface area is 179 Å². The minimum Gasteiger partial charge on any atom is -0.387 e. The van der Waals surface area contributed by atoms with Crippen LogP contribution in [0.25, 0.3) is 0 Å². The van der Waals surface area contributed by atoms with Crippen molar-refractivity contribution in [3.05, 3.63) is 51.6 Å². The molecule has 2 aromatic rings. The van der Waals surface area contributed by atoms with Gasteiger partial charge in [0.1, 0.15) is 17.7 Å². The Kier molecular flexibility index (Phi) is 5.86. The third kappa shape index (κ3) is 3.85. The van der Waals surface area contributed by atoms with Gasteiger partial charge in [-0.15, -0.1) is 0 Å². The minimum absolute atomic E-state index is 0.148. The second-order valence-electron chi connectivity index (χ2n) is 8.43. The summed E-state index contributed by atoms with van der Waals surface area (Å²) in [5.74, 6) is -1.02. The van der Waals surface area contributed by atoms with Crippen molar-refractivity contribution in [2.75, 3.05) is 0 Å². The van der Waals surface area contributed by atoms with Crippen molar-refractivity contribution in [1.29, 1.82) is 0 Å². The highest BCUT2D eigenvalue weighted by atomic mass is 35.5. The van der Waals surface area contributed by atoms with E-state index in [4.69, 9.17) is 11.6 Å². The zero-order valence-electron chi connectivity index (χ0n) is 16.9. The van der Waals surface area contributed by atoms with Gasteiger partial charge in [0.2, 0.25) is 0 Å². The summed E-state index contributed by atoms with van der Waals surface area (Å²) in [5.41, 5.74) is 1.16. The zero-order valence-corrected chi connectivity index (χ0v) is 17.7. The largest absolute Gasteiger partial charge is 0.387 e. The summed E-state index contributed by atoms with van der Waals surface area (Å²) in [6.07, 6.45) is 3.28. The topological polar surface area (TPSA) is 67.2 Å². The molecule has 162 valence electrons. The molecule has 4 rings (SSSR count). The molecule has 0 saturated heterocycles. The molecular weight excluding hydrogens is 412 g/mol. The predicted octanol–water partition coefficient (Wildman–Crippen LogP) is 4.21. The van der Waals surface area contributed by atoms with E-state index in [1.165, 1.54) is 12.1 Å². The molecule has 1 aromatic carbocycles. The van der Waals surface area contributed by atoms with Crippen molar-refractivity contribution < 1.29 is 18.7 Å². The molecule has 0 aliphatic heterocycles. The number of aryl methyl sites for hydroxylation is 2. The molecule has 1 aromatic heterocycles. The molecule has 1 fully saturated rings. The van der Waals surface area contributed by atoms with Gasteiger partial charge in [-0.2, -0.15) is 5.10 Å². The maximum atomic E-state index is 14.2. The number of rotatable bonds is 4. The van der Waals surface area contributed by atoms with Crippen LogP contribution in [0.2, 0.25) is 5.02 Å². The Morgan fingerprint density at radius 1 is 1.33 bits per heavy atom. The van der Waals surface area contributed by atoms with E-state index < -0.39 is 29.5 Å². The lowest BCUT2D eigenvalue weighted by atomic mass is 9.76. The molecule has 1 atom stereocenters. The van der Waals surface area contributed by atoms with Gasteiger partial charge >= 0.3 is 0 Å². The lowest BCUT2D eigenvalue weighted by Gasteiger charge is -2.41. The van der Waals surface area contributed by atoms with Gasteiger partial charge in [-0.05, 0) is 63.0 Å². The summed E-state index contributed by atoms with van der Waals surface area (Å²) in [6, 6.07) is 3.35. The van der Waals surface area contributed by atoms with E-state index >= 15 is 0 Å². The molecular formula is C22H26ClF2N3O2. The number of carbonyl (C=O) groups excluding carboxylic acids is 1. The van der Waals surface area contributed by atoms with Crippen LogP contribution in [0.15, 0.2) is 18.2 Å². The van der Waals surface area contributed by atoms with E-state index in [0.29, 0.717) is 11.3 Å². The minimum atomic E-state index is -1.42. The highest BCUT2D eigenvalue weighted by molar-refractivity contribution is 6.31. The zero-order chi connectivity index (χ0) is 21.5. The SMILES string of the molecule is Cn1nc2c(c1C(=O)NC(c1cccc(F)c1Cl)C1(O)CCC(F)CC1)CCCC2. The summed E-state index contributed by atoms with van der Waals surface area (Å²) in [7, 11) is 1.72. The molecule has 2 N–H and O–H groups in total. The normalized spacial score (nSPS) is 24.9. The van der Waals surface area contributed by atoms with Crippen LogP contribution in [0.1, 0.15) is 71.9 Å².